The lowest BCUT2D eigenvalue weighted by Gasteiger charge is -2.11. The molecule has 0 bridgehead atoms. The van der Waals surface area contributed by atoms with Gasteiger partial charge in [-0.2, -0.15) is 0 Å². The molecule has 0 aliphatic carbocycles. The van der Waals surface area contributed by atoms with Gasteiger partial charge in [0.1, 0.15) is 11.6 Å². The Morgan fingerprint density at radius 3 is 2.61 bits per heavy atom. The van der Waals surface area contributed by atoms with E-state index in [9.17, 15) is 8.78 Å². The third-order valence-corrected chi connectivity index (χ3v) is 2.75. The zero-order chi connectivity index (χ0) is 13.1. The zero-order valence-corrected chi connectivity index (χ0v) is 10.0. The fourth-order valence-electron chi connectivity index (χ4n) is 1.51. The minimum atomic E-state index is -0.653. The van der Waals surface area contributed by atoms with Gasteiger partial charge in [0.05, 0.1) is 0 Å². The molecule has 2 aromatic rings. The lowest BCUT2D eigenvalue weighted by molar-refractivity contribution is 0.432. The number of hydrogen-bond donors (Lipinski definition) is 1. The van der Waals surface area contributed by atoms with E-state index in [1.165, 1.54) is 0 Å². The van der Waals surface area contributed by atoms with Gasteiger partial charge in [-0.05, 0) is 24.3 Å². The first-order valence-electron chi connectivity index (χ1n) is 5.22. The Hall–Kier alpha value is -1.65. The van der Waals surface area contributed by atoms with E-state index in [0.29, 0.717) is 16.3 Å². The number of nitrogens with two attached hydrogens (primary N) is 1. The molecule has 2 nitrogen and oxygen atoms in total. The number of ether oxygens (including phenoxy) is 1. The number of hydrogen-bond acceptors (Lipinski definition) is 2. The number of halogens is 3. The van der Waals surface area contributed by atoms with Gasteiger partial charge in [-0.1, -0.05) is 17.7 Å². The lowest BCUT2D eigenvalue weighted by atomic mass is 10.2. The molecule has 2 N–H and O–H groups in total. The quantitative estimate of drug-likeness (QED) is 0.918. The topological polar surface area (TPSA) is 35.2 Å². The average molecular weight is 270 g/mol. The van der Waals surface area contributed by atoms with Crippen LogP contribution in [0.4, 0.5) is 8.78 Å². The highest BCUT2D eigenvalue weighted by molar-refractivity contribution is 6.31. The highest BCUT2D eigenvalue weighted by atomic mass is 35.5. The summed E-state index contributed by atoms with van der Waals surface area (Å²) >= 11 is 5.94. The molecule has 0 aliphatic heterocycles. The lowest BCUT2D eigenvalue weighted by Crippen LogP contribution is -2.01. The van der Waals surface area contributed by atoms with Crippen molar-refractivity contribution in [1.29, 1.82) is 0 Å². The van der Waals surface area contributed by atoms with Crippen molar-refractivity contribution in [2.45, 2.75) is 6.54 Å². The van der Waals surface area contributed by atoms with Crippen LogP contribution in [0.2, 0.25) is 5.02 Å². The minimum absolute atomic E-state index is 0.145. The Balaban J connectivity index is 2.40. The van der Waals surface area contributed by atoms with Crippen molar-refractivity contribution < 1.29 is 13.5 Å². The maximum atomic E-state index is 13.4. The smallest absolute Gasteiger partial charge is 0.165 e. The second kappa shape index (κ2) is 5.33. The first kappa shape index (κ1) is 12.8. The third-order valence-electron chi connectivity index (χ3n) is 2.39. The van der Waals surface area contributed by atoms with E-state index < -0.39 is 11.6 Å². The van der Waals surface area contributed by atoms with Gasteiger partial charge in [-0.15, -0.1) is 0 Å². The van der Waals surface area contributed by atoms with Crippen LogP contribution in [-0.2, 0) is 6.54 Å². The van der Waals surface area contributed by atoms with Gasteiger partial charge in [0.15, 0.2) is 11.6 Å². The maximum absolute atomic E-state index is 13.4. The average Bonchev–Trinajstić information content (AvgIpc) is 2.34. The van der Waals surface area contributed by atoms with Gasteiger partial charge in [0.2, 0.25) is 0 Å². The zero-order valence-electron chi connectivity index (χ0n) is 9.29. The van der Waals surface area contributed by atoms with Crippen LogP contribution >= 0.6 is 11.6 Å². The van der Waals surface area contributed by atoms with Crippen LogP contribution in [-0.4, -0.2) is 0 Å². The summed E-state index contributed by atoms with van der Waals surface area (Å²) < 4.78 is 31.8. The predicted octanol–water partition coefficient (Wildman–Crippen LogP) is 3.87. The molecule has 94 valence electrons. The molecule has 18 heavy (non-hydrogen) atoms. The summed E-state index contributed by atoms with van der Waals surface area (Å²) in [6.45, 7) is 0.145. The Labute approximate surface area is 108 Å². The second-order valence-electron chi connectivity index (χ2n) is 3.60. The SMILES string of the molecule is NCc1c(Cl)cccc1Oc1cc(F)ccc1F. The molecule has 0 saturated carbocycles. The molecule has 5 heteroatoms. The summed E-state index contributed by atoms with van der Waals surface area (Å²) in [6.07, 6.45) is 0. The van der Waals surface area contributed by atoms with Crippen molar-refractivity contribution >= 4 is 11.6 Å². The van der Waals surface area contributed by atoms with Gasteiger partial charge in [-0.25, -0.2) is 8.78 Å². The van der Waals surface area contributed by atoms with Crippen molar-refractivity contribution in [3.05, 3.63) is 58.6 Å². The normalized spacial score (nSPS) is 10.4. The van der Waals surface area contributed by atoms with Crippen molar-refractivity contribution in [2.75, 3.05) is 0 Å². The largest absolute Gasteiger partial charge is 0.454 e. The van der Waals surface area contributed by atoms with E-state index in [1.54, 1.807) is 18.2 Å². The van der Waals surface area contributed by atoms with Crippen LogP contribution in [0.3, 0.4) is 0 Å². The predicted molar refractivity (Wildman–Crippen MR) is 65.8 cm³/mol. The number of benzene rings is 2. The van der Waals surface area contributed by atoms with Gasteiger partial charge in [0, 0.05) is 23.2 Å². The minimum Gasteiger partial charge on any atom is -0.454 e. The monoisotopic (exact) mass is 269 g/mol. The maximum Gasteiger partial charge on any atom is 0.165 e. The van der Waals surface area contributed by atoms with Gasteiger partial charge in [-0.3, -0.25) is 0 Å². The van der Waals surface area contributed by atoms with E-state index in [-0.39, 0.29) is 12.3 Å². The second-order valence-corrected chi connectivity index (χ2v) is 4.00. The summed E-state index contributed by atoms with van der Waals surface area (Å²) in [6, 6.07) is 7.88. The summed E-state index contributed by atoms with van der Waals surface area (Å²) in [5, 5.41) is 0.423. The molecule has 0 amide bonds. The molecule has 0 aliphatic rings. The molecule has 0 unspecified atom stereocenters. The molecule has 0 spiro atoms. The molecule has 0 saturated heterocycles. The van der Waals surface area contributed by atoms with E-state index in [2.05, 4.69) is 0 Å². The fourth-order valence-corrected chi connectivity index (χ4v) is 1.75. The Kier molecular flexibility index (Phi) is 3.79. The van der Waals surface area contributed by atoms with Crippen molar-refractivity contribution in [1.82, 2.24) is 0 Å². The fraction of sp³-hybridized carbons (Fsp3) is 0.0769. The van der Waals surface area contributed by atoms with Crippen LogP contribution in [0, 0.1) is 11.6 Å². The molecular weight excluding hydrogens is 260 g/mol. The van der Waals surface area contributed by atoms with E-state index in [1.807, 2.05) is 0 Å². The van der Waals surface area contributed by atoms with Crippen LogP contribution < -0.4 is 10.5 Å². The molecule has 0 atom stereocenters. The summed E-state index contributed by atoms with van der Waals surface area (Å²) in [5.41, 5.74) is 6.09. The van der Waals surface area contributed by atoms with Crippen LogP contribution in [0.25, 0.3) is 0 Å². The molecule has 0 aromatic heterocycles. The highest BCUT2D eigenvalue weighted by Gasteiger charge is 2.11. The first-order chi connectivity index (χ1) is 8.61. The summed E-state index contributed by atoms with van der Waals surface area (Å²) in [7, 11) is 0. The van der Waals surface area contributed by atoms with Crippen molar-refractivity contribution in [3.63, 3.8) is 0 Å². The molecule has 0 radical (unpaired) electrons. The van der Waals surface area contributed by atoms with Gasteiger partial charge >= 0.3 is 0 Å². The molecule has 0 heterocycles. The number of rotatable bonds is 3. The van der Waals surface area contributed by atoms with Crippen molar-refractivity contribution in [2.24, 2.45) is 5.73 Å². The Morgan fingerprint density at radius 2 is 1.89 bits per heavy atom. The Bertz CT molecular complexity index is 575. The molecule has 2 rings (SSSR count). The Morgan fingerprint density at radius 1 is 1.11 bits per heavy atom. The van der Waals surface area contributed by atoms with Crippen LogP contribution in [0.15, 0.2) is 36.4 Å². The molecule has 0 fully saturated rings. The molecular formula is C13H10ClF2NO. The van der Waals surface area contributed by atoms with E-state index >= 15 is 0 Å². The first-order valence-corrected chi connectivity index (χ1v) is 5.60. The van der Waals surface area contributed by atoms with E-state index in [4.69, 9.17) is 22.1 Å². The van der Waals surface area contributed by atoms with E-state index in [0.717, 1.165) is 18.2 Å². The molecule has 2 aromatic carbocycles. The summed E-state index contributed by atoms with van der Waals surface area (Å²) in [5.74, 6) is -1.12. The van der Waals surface area contributed by atoms with Gasteiger partial charge < -0.3 is 10.5 Å². The third kappa shape index (κ3) is 2.60. The van der Waals surface area contributed by atoms with Crippen LogP contribution in [0.1, 0.15) is 5.56 Å². The van der Waals surface area contributed by atoms with Crippen molar-refractivity contribution in [3.8, 4) is 11.5 Å². The standard InChI is InChI=1S/C13H10ClF2NO/c14-10-2-1-3-12(9(10)7-17)18-13-6-8(15)4-5-11(13)16/h1-6H,7,17H2. The van der Waals surface area contributed by atoms with Crippen LogP contribution in [0.5, 0.6) is 11.5 Å². The van der Waals surface area contributed by atoms with Gasteiger partial charge in [0.25, 0.3) is 0 Å². The summed E-state index contributed by atoms with van der Waals surface area (Å²) in [4.78, 5) is 0. The highest BCUT2D eigenvalue weighted by Crippen LogP contribution is 2.31.